The summed E-state index contributed by atoms with van der Waals surface area (Å²) < 4.78 is 1.21. The van der Waals surface area contributed by atoms with Crippen molar-refractivity contribution < 1.29 is 0 Å². The van der Waals surface area contributed by atoms with E-state index in [0.29, 0.717) is 11.5 Å². The first kappa shape index (κ1) is 14.6. The molecule has 1 aliphatic carbocycles. The summed E-state index contributed by atoms with van der Waals surface area (Å²) in [5, 5.41) is 0. The van der Waals surface area contributed by atoms with Crippen LogP contribution in [0.15, 0.2) is 22.7 Å². The lowest BCUT2D eigenvalue weighted by atomic mass is 9.70. The Morgan fingerprint density at radius 3 is 2.55 bits per heavy atom. The molecule has 0 aromatic heterocycles. The van der Waals surface area contributed by atoms with E-state index in [-0.39, 0.29) is 0 Å². The van der Waals surface area contributed by atoms with Gasteiger partial charge in [-0.3, -0.25) is 4.90 Å². The molecule has 1 aromatic rings. The van der Waals surface area contributed by atoms with Crippen molar-refractivity contribution in [3.63, 3.8) is 0 Å². The molecule has 1 aliphatic heterocycles. The van der Waals surface area contributed by atoms with Gasteiger partial charge < -0.3 is 4.90 Å². The van der Waals surface area contributed by atoms with Gasteiger partial charge in [0.1, 0.15) is 0 Å². The summed E-state index contributed by atoms with van der Waals surface area (Å²) in [7, 11) is 2.23. The molecule has 1 aromatic carbocycles. The summed E-state index contributed by atoms with van der Waals surface area (Å²) in [5.41, 5.74) is 3.42. The zero-order valence-corrected chi connectivity index (χ0v) is 14.4. The number of halogens is 1. The van der Waals surface area contributed by atoms with Crippen LogP contribution in [0.5, 0.6) is 0 Å². The topological polar surface area (TPSA) is 6.48 Å². The smallest absolute Gasteiger partial charge is 0.0352 e. The molecule has 0 radical (unpaired) electrons. The van der Waals surface area contributed by atoms with Crippen molar-refractivity contribution in [1.82, 2.24) is 9.80 Å². The first-order chi connectivity index (χ1) is 9.47. The number of likely N-dealkylation sites (N-methyl/N-ethyl adjacent to an activating group) is 1. The Morgan fingerprint density at radius 1 is 1.15 bits per heavy atom. The maximum absolute atomic E-state index is 3.65. The fourth-order valence-electron chi connectivity index (χ4n) is 3.71. The third kappa shape index (κ3) is 2.68. The molecule has 1 fully saturated rings. The number of piperazine rings is 1. The van der Waals surface area contributed by atoms with E-state index in [9.17, 15) is 0 Å². The van der Waals surface area contributed by atoms with Gasteiger partial charge in [-0.05, 0) is 48.6 Å². The second-order valence-corrected chi connectivity index (χ2v) is 7.92. The molecule has 1 heterocycles. The molecule has 1 unspecified atom stereocenters. The Morgan fingerprint density at radius 2 is 1.85 bits per heavy atom. The SMILES string of the molecule is CN1CCN(C2CCC(C)(C)c3cc(Br)ccc32)CC1. The Bertz CT molecular complexity index is 490. The van der Waals surface area contributed by atoms with Crippen LogP contribution < -0.4 is 0 Å². The minimum atomic E-state index is 0.308. The first-order valence-corrected chi connectivity index (χ1v) is 8.49. The second-order valence-electron chi connectivity index (χ2n) is 7.01. The number of hydrogen-bond donors (Lipinski definition) is 0. The number of nitrogens with zero attached hydrogens (tertiary/aromatic N) is 2. The number of rotatable bonds is 1. The van der Waals surface area contributed by atoms with Gasteiger partial charge in [0.2, 0.25) is 0 Å². The summed E-state index contributed by atoms with van der Waals surface area (Å²) in [4.78, 5) is 5.13. The van der Waals surface area contributed by atoms with E-state index in [2.05, 4.69) is 64.8 Å². The van der Waals surface area contributed by atoms with Gasteiger partial charge in [-0.15, -0.1) is 0 Å². The largest absolute Gasteiger partial charge is 0.304 e. The first-order valence-electron chi connectivity index (χ1n) is 7.70. The highest BCUT2D eigenvalue weighted by molar-refractivity contribution is 9.10. The molecule has 3 rings (SSSR count). The zero-order chi connectivity index (χ0) is 14.3. The van der Waals surface area contributed by atoms with E-state index in [0.717, 1.165) is 0 Å². The molecule has 0 saturated carbocycles. The van der Waals surface area contributed by atoms with Gasteiger partial charge >= 0.3 is 0 Å². The van der Waals surface area contributed by atoms with Crippen LogP contribution in [0, 0.1) is 0 Å². The van der Waals surface area contributed by atoms with Crippen molar-refractivity contribution in [3.05, 3.63) is 33.8 Å². The van der Waals surface area contributed by atoms with Gasteiger partial charge in [-0.2, -0.15) is 0 Å². The van der Waals surface area contributed by atoms with Gasteiger partial charge in [-0.25, -0.2) is 0 Å². The van der Waals surface area contributed by atoms with Crippen LogP contribution in [0.3, 0.4) is 0 Å². The summed E-state index contributed by atoms with van der Waals surface area (Å²) in [6, 6.07) is 7.53. The Hall–Kier alpha value is -0.380. The lowest BCUT2D eigenvalue weighted by molar-refractivity contribution is 0.0957. The highest BCUT2D eigenvalue weighted by atomic mass is 79.9. The minimum absolute atomic E-state index is 0.308. The van der Waals surface area contributed by atoms with E-state index >= 15 is 0 Å². The second kappa shape index (κ2) is 5.43. The van der Waals surface area contributed by atoms with Crippen LogP contribution in [-0.2, 0) is 5.41 Å². The fraction of sp³-hybridized carbons (Fsp3) is 0.647. The van der Waals surface area contributed by atoms with Crippen molar-refractivity contribution in [3.8, 4) is 0 Å². The lowest BCUT2D eigenvalue weighted by Crippen LogP contribution is -2.47. The van der Waals surface area contributed by atoms with Crippen molar-refractivity contribution in [2.45, 2.75) is 38.1 Å². The summed E-state index contributed by atoms with van der Waals surface area (Å²) in [6.45, 7) is 9.59. The number of benzene rings is 1. The third-order valence-corrected chi connectivity index (χ3v) is 5.62. The molecule has 0 amide bonds. The van der Waals surface area contributed by atoms with Gasteiger partial charge in [0.05, 0.1) is 0 Å². The molecule has 1 saturated heterocycles. The van der Waals surface area contributed by atoms with Gasteiger partial charge in [0.25, 0.3) is 0 Å². The maximum atomic E-state index is 3.65. The average Bonchev–Trinajstić information content (AvgIpc) is 2.41. The van der Waals surface area contributed by atoms with Gasteiger partial charge in [-0.1, -0.05) is 35.8 Å². The Balaban J connectivity index is 1.92. The Kier molecular flexibility index (Phi) is 3.95. The Labute approximate surface area is 131 Å². The highest BCUT2D eigenvalue weighted by Crippen LogP contribution is 2.44. The monoisotopic (exact) mass is 336 g/mol. The maximum Gasteiger partial charge on any atom is 0.0352 e. The van der Waals surface area contributed by atoms with Crippen LogP contribution in [0.4, 0.5) is 0 Å². The van der Waals surface area contributed by atoms with Crippen LogP contribution in [0.2, 0.25) is 0 Å². The predicted molar refractivity (Wildman–Crippen MR) is 88.2 cm³/mol. The van der Waals surface area contributed by atoms with Gasteiger partial charge in [0.15, 0.2) is 0 Å². The summed E-state index contributed by atoms with van der Waals surface area (Å²) in [5.74, 6) is 0. The fourth-order valence-corrected chi connectivity index (χ4v) is 4.07. The van der Waals surface area contributed by atoms with E-state index < -0.39 is 0 Å². The van der Waals surface area contributed by atoms with Crippen molar-refractivity contribution in [2.75, 3.05) is 33.2 Å². The van der Waals surface area contributed by atoms with Crippen LogP contribution in [0.1, 0.15) is 43.9 Å². The molecule has 0 N–H and O–H groups in total. The molecule has 1 atom stereocenters. The van der Waals surface area contributed by atoms with Crippen molar-refractivity contribution in [1.29, 1.82) is 0 Å². The average molecular weight is 337 g/mol. The molecule has 2 aliphatic rings. The highest BCUT2D eigenvalue weighted by Gasteiger charge is 2.35. The van der Waals surface area contributed by atoms with Crippen LogP contribution >= 0.6 is 15.9 Å². The van der Waals surface area contributed by atoms with E-state index in [4.69, 9.17) is 0 Å². The number of hydrogen-bond acceptors (Lipinski definition) is 2. The third-order valence-electron chi connectivity index (χ3n) is 5.12. The molecule has 0 bridgehead atoms. The van der Waals surface area contributed by atoms with Crippen LogP contribution in [-0.4, -0.2) is 43.0 Å². The zero-order valence-electron chi connectivity index (χ0n) is 12.8. The molecule has 3 heteroatoms. The quantitative estimate of drug-likeness (QED) is 0.769. The molecule has 2 nitrogen and oxygen atoms in total. The molecule has 20 heavy (non-hydrogen) atoms. The number of fused-ring (bicyclic) bond motifs is 1. The molecule has 0 spiro atoms. The minimum Gasteiger partial charge on any atom is -0.304 e. The van der Waals surface area contributed by atoms with Gasteiger partial charge in [0, 0.05) is 36.7 Å². The normalized spacial score (nSPS) is 27.3. The summed E-state index contributed by atoms with van der Waals surface area (Å²) >= 11 is 3.65. The van der Waals surface area contributed by atoms with E-state index in [1.54, 1.807) is 11.1 Å². The van der Waals surface area contributed by atoms with Crippen molar-refractivity contribution in [2.24, 2.45) is 0 Å². The molecule has 110 valence electrons. The van der Waals surface area contributed by atoms with Crippen molar-refractivity contribution >= 4 is 15.9 Å². The predicted octanol–water partition coefficient (Wildman–Crippen LogP) is 3.81. The molecular formula is C17H25BrN2. The van der Waals surface area contributed by atoms with E-state index in [1.165, 1.54) is 43.5 Å². The summed E-state index contributed by atoms with van der Waals surface area (Å²) in [6.07, 6.45) is 2.58. The molecular weight excluding hydrogens is 312 g/mol. The van der Waals surface area contributed by atoms with E-state index in [1.807, 2.05) is 0 Å². The van der Waals surface area contributed by atoms with Crippen LogP contribution in [0.25, 0.3) is 0 Å². The lowest BCUT2D eigenvalue weighted by Gasteiger charge is -2.44. The standard InChI is InChI=1S/C17H25BrN2/c1-17(2)7-6-16(20-10-8-19(3)9-11-20)14-5-4-13(18)12-15(14)17/h4-5,12,16H,6-11H2,1-3H3.